The van der Waals surface area contributed by atoms with Gasteiger partial charge in [0.05, 0.1) is 23.3 Å². The minimum atomic E-state index is -0.494. The SMILES string of the molecule is CCOc1ccc(C(=O)C(=NNc2ccccc2)c2nc3ccccc3[nH]c2=O)cc1. The Morgan fingerprint density at radius 2 is 1.71 bits per heavy atom. The van der Waals surface area contributed by atoms with Gasteiger partial charge in [0.25, 0.3) is 5.56 Å². The molecule has 154 valence electrons. The minimum Gasteiger partial charge on any atom is -0.494 e. The lowest BCUT2D eigenvalue weighted by Crippen LogP contribution is -2.27. The van der Waals surface area contributed by atoms with Crippen LogP contribution in [-0.4, -0.2) is 28.1 Å². The van der Waals surface area contributed by atoms with E-state index in [-0.39, 0.29) is 11.4 Å². The molecule has 7 heteroatoms. The third kappa shape index (κ3) is 4.51. The molecule has 2 N–H and O–H groups in total. The van der Waals surface area contributed by atoms with Gasteiger partial charge < -0.3 is 9.72 Å². The van der Waals surface area contributed by atoms with Crippen LogP contribution in [-0.2, 0) is 0 Å². The van der Waals surface area contributed by atoms with E-state index in [1.54, 1.807) is 54.6 Å². The van der Waals surface area contributed by atoms with Crippen LogP contribution >= 0.6 is 0 Å². The number of aromatic nitrogens is 2. The largest absolute Gasteiger partial charge is 0.494 e. The van der Waals surface area contributed by atoms with E-state index in [0.29, 0.717) is 34.6 Å². The molecule has 4 aromatic rings. The Bertz CT molecular complexity index is 1300. The number of carbonyl (C=O) groups excluding carboxylic acids is 1. The number of nitrogens with zero attached hydrogens (tertiary/aromatic N) is 2. The number of nitrogens with one attached hydrogen (secondary N) is 2. The van der Waals surface area contributed by atoms with E-state index in [2.05, 4.69) is 20.5 Å². The lowest BCUT2D eigenvalue weighted by molar-refractivity contribution is 0.106. The van der Waals surface area contributed by atoms with Crippen LogP contribution < -0.4 is 15.7 Å². The third-order valence-corrected chi connectivity index (χ3v) is 4.54. The van der Waals surface area contributed by atoms with Gasteiger partial charge in [0.1, 0.15) is 5.75 Å². The van der Waals surface area contributed by atoms with Crippen LogP contribution in [0.15, 0.2) is 88.8 Å². The molecule has 0 fully saturated rings. The standard InChI is InChI=1S/C24H20N4O3/c1-2-31-18-14-12-16(13-15-18)23(29)21(28-27-17-8-4-3-5-9-17)22-24(30)26-20-11-7-6-10-19(20)25-22/h3-15,27H,2H2,1H3,(H,26,30). The lowest BCUT2D eigenvalue weighted by atomic mass is 10.0. The third-order valence-electron chi connectivity index (χ3n) is 4.54. The Morgan fingerprint density at radius 1 is 1.00 bits per heavy atom. The van der Waals surface area contributed by atoms with Crippen LogP contribution in [0.3, 0.4) is 0 Å². The van der Waals surface area contributed by atoms with Crippen molar-refractivity contribution in [2.45, 2.75) is 6.92 Å². The number of para-hydroxylation sites is 3. The number of hydrogen-bond acceptors (Lipinski definition) is 6. The number of aromatic amines is 1. The van der Waals surface area contributed by atoms with E-state index in [0.717, 1.165) is 0 Å². The van der Waals surface area contributed by atoms with E-state index in [1.165, 1.54) is 0 Å². The van der Waals surface area contributed by atoms with Gasteiger partial charge in [-0.15, -0.1) is 0 Å². The number of hydrogen-bond donors (Lipinski definition) is 2. The summed E-state index contributed by atoms with van der Waals surface area (Å²) in [4.78, 5) is 33.3. The molecule has 0 saturated carbocycles. The van der Waals surface area contributed by atoms with Gasteiger partial charge in [-0.3, -0.25) is 15.0 Å². The summed E-state index contributed by atoms with van der Waals surface area (Å²) < 4.78 is 5.44. The number of benzene rings is 3. The predicted molar refractivity (Wildman–Crippen MR) is 121 cm³/mol. The quantitative estimate of drug-likeness (QED) is 0.271. The number of H-pyrrole nitrogens is 1. The van der Waals surface area contributed by atoms with Gasteiger partial charge in [0, 0.05) is 5.56 Å². The first-order chi connectivity index (χ1) is 15.2. The number of ketones is 1. The van der Waals surface area contributed by atoms with Gasteiger partial charge in [-0.25, -0.2) is 4.98 Å². The predicted octanol–water partition coefficient (Wildman–Crippen LogP) is 4.02. The van der Waals surface area contributed by atoms with Crippen LogP contribution in [0.25, 0.3) is 11.0 Å². The van der Waals surface area contributed by atoms with Crippen molar-refractivity contribution in [3.8, 4) is 5.75 Å². The van der Waals surface area contributed by atoms with E-state index < -0.39 is 11.3 Å². The van der Waals surface area contributed by atoms with E-state index in [4.69, 9.17) is 4.74 Å². The molecule has 3 aromatic carbocycles. The first kappa shape index (κ1) is 20.0. The zero-order valence-electron chi connectivity index (χ0n) is 16.8. The summed E-state index contributed by atoms with van der Waals surface area (Å²) in [5, 5.41) is 4.27. The number of hydrazone groups is 1. The Labute approximate surface area is 178 Å². The number of fused-ring (bicyclic) bond motifs is 1. The molecular weight excluding hydrogens is 392 g/mol. The van der Waals surface area contributed by atoms with Crippen molar-refractivity contribution in [3.05, 3.63) is 100 Å². The van der Waals surface area contributed by atoms with Gasteiger partial charge in [-0.05, 0) is 55.5 Å². The van der Waals surface area contributed by atoms with Crippen molar-refractivity contribution < 1.29 is 9.53 Å². The number of rotatable bonds is 7. The van der Waals surface area contributed by atoms with Crippen molar-refractivity contribution in [1.82, 2.24) is 9.97 Å². The highest BCUT2D eigenvalue weighted by Gasteiger charge is 2.22. The summed E-state index contributed by atoms with van der Waals surface area (Å²) in [5.74, 6) is 0.224. The molecule has 1 aromatic heterocycles. The van der Waals surface area contributed by atoms with Crippen molar-refractivity contribution in [2.24, 2.45) is 5.10 Å². The number of ether oxygens (including phenoxy) is 1. The molecule has 0 saturated heterocycles. The molecule has 0 aliphatic rings. The normalized spacial score (nSPS) is 11.3. The molecule has 0 atom stereocenters. The van der Waals surface area contributed by atoms with Crippen molar-refractivity contribution >= 4 is 28.2 Å². The minimum absolute atomic E-state index is 0.0546. The molecule has 0 bridgehead atoms. The Hall–Kier alpha value is -4.26. The zero-order valence-corrected chi connectivity index (χ0v) is 16.8. The summed E-state index contributed by atoms with van der Waals surface area (Å²) in [6, 6.07) is 23.0. The molecule has 7 nitrogen and oxygen atoms in total. The van der Waals surface area contributed by atoms with E-state index in [9.17, 15) is 9.59 Å². The lowest BCUT2D eigenvalue weighted by Gasteiger charge is -2.08. The molecule has 0 amide bonds. The first-order valence-corrected chi connectivity index (χ1v) is 9.81. The molecular formula is C24H20N4O3. The summed E-state index contributed by atoms with van der Waals surface area (Å²) >= 11 is 0. The van der Waals surface area contributed by atoms with Gasteiger partial charge in [-0.1, -0.05) is 30.3 Å². The topological polar surface area (TPSA) is 96.4 Å². The summed E-state index contributed by atoms with van der Waals surface area (Å²) in [5.41, 5.74) is 4.41. The zero-order chi connectivity index (χ0) is 21.6. The average molecular weight is 412 g/mol. The van der Waals surface area contributed by atoms with Crippen LogP contribution in [0, 0.1) is 0 Å². The maximum atomic E-state index is 13.3. The number of Topliss-reactive ketones (excluding diaryl/α,β-unsaturated/α-hetero) is 1. The van der Waals surface area contributed by atoms with Crippen LogP contribution in [0.4, 0.5) is 5.69 Å². The second kappa shape index (κ2) is 9.04. The highest BCUT2D eigenvalue weighted by atomic mass is 16.5. The highest BCUT2D eigenvalue weighted by Crippen LogP contribution is 2.15. The van der Waals surface area contributed by atoms with Crippen LogP contribution in [0.1, 0.15) is 23.0 Å². The maximum Gasteiger partial charge on any atom is 0.276 e. The van der Waals surface area contributed by atoms with Crippen molar-refractivity contribution in [2.75, 3.05) is 12.0 Å². The number of carbonyl (C=O) groups is 1. The van der Waals surface area contributed by atoms with E-state index >= 15 is 0 Å². The molecule has 0 aliphatic heterocycles. The van der Waals surface area contributed by atoms with E-state index in [1.807, 2.05) is 31.2 Å². The molecule has 0 radical (unpaired) electrons. The van der Waals surface area contributed by atoms with Gasteiger partial charge in [-0.2, -0.15) is 5.10 Å². The first-order valence-electron chi connectivity index (χ1n) is 9.81. The molecule has 0 aliphatic carbocycles. The summed E-state index contributed by atoms with van der Waals surface area (Å²) in [6.45, 7) is 2.41. The highest BCUT2D eigenvalue weighted by molar-refractivity contribution is 6.51. The molecule has 4 rings (SSSR count). The van der Waals surface area contributed by atoms with Gasteiger partial charge in [0.2, 0.25) is 5.78 Å². The second-order valence-electron chi connectivity index (χ2n) is 6.66. The van der Waals surface area contributed by atoms with Crippen LogP contribution in [0.2, 0.25) is 0 Å². The van der Waals surface area contributed by atoms with Crippen molar-refractivity contribution in [3.63, 3.8) is 0 Å². The smallest absolute Gasteiger partial charge is 0.276 e. The maximum absolute atomic E-state index is 13.3. The second-order valence-corrected chi connectivity index (χ2v) is 6.66. The molecule has 31 heavy (non-hydrogen) atoms. The van der Waals surface area contributed by atoms with Gasteiger partial charge >= 0.3 is 0 Å². The fourth-order valence-corrected chi connectivity index (χ4v) is 3.04. The Balaban J connectivity index is 1.78. The number of anilines is 1. The molecule has 0 spiro atoms. The molecule has 0 unspecified atom stereocenters. The Kier molecular flexibility index (Phi) is 5.84. The molecule has 1 heterocycles. The average Bonchev–Trinajstić information content (AvgIpc) is 2.80. The monoisotopic (exact) mass is 412 g/mol. The fraction of sp³-hybridized carbons (Fsp3) is 0.0833. The van der Waals surface area contributed by atoms with Gasteiger partial charge in [0.15, 0.2) is 11.4 Å². The summed E-state index contributed by atoms with van der Waals surface area (Å²) in [6.07, 6.45) is 0. The van der Waals surface area contributed by atoms with Crippen molar-refractivity contribution in [1.29, 1.82) is 0 Å². The van der Waals surface area contributed by atoms with Crippen LogP contribution in [0.5, 0.6) is 5.75 Å². The summed E-state index contributed by atoms with van der Waals surface area (Å²) in [7, 11) is 0. The fourth-order valence-electron chi connectivity index (χ4n) is 3.04. The Morgan fingerprint density at radius 3 is 2.45 bits per heavy atom.